The number of ether oxygens (including phenoxy) is 1. The van der Waals surface area contributed by atoms with Crippen molar-refractivity contribution >= 4 is 6.08 Å². The topological polar surface area (TPSA) is 59.3 Å². The molecule has 1 atom stereocenters. The van der Waals surface area contributed by atoms with Crippen LogP contribution in [0.1, 0.15) is 54.7 Å². The molecule has 0 amide bonds. The van der Waals surface area contributed by atoms with E-state index in [1.54, 1.807) is 7.11 Å². The summed E-state index contributed by atoms with van der Waals surface area (Å²) in [6.45, 7) is 4.98. The van der Waals surface area contributed by atoms with E-state index in [-0.39, 0.29) is 6.04 Å². The summed E-state index contributed by atoms with van der Waals surface area (Å²) in [5, 5.41) is 13.1. The minimum Gasteiger partial charge on any atom is -0.497 e. The molecule has 2 fully saturated rings. The summed E-state index contributed by atoms with van der Waals surface area (Å²) < 4.78 is 7.51. The molecule has 5 rings (SSSR count). The Morgan fingerprint density at radius 1 is 0.971 bits per heavy atom. The largest absolute Gasteiger partial charge is 0.497 e. The molecular formula is C27H34N6O. The van der Waals surface area contributed by atoms with Crippen LogP contribution in [0.25, 0.3) is 6.08 Å². The second-order valence-corrected chi connectivity index (χ2v) is 9.25. The van der Waals surface area contributed by atoms with Crippen LogP contribution < -0.4 is 4.74 Å². The fourth-order valence-electron chi connectivity index (χ4n) is 5.20. The minimum atomic E-state index is 0.0449. The van der Waals surface area contributed by atoms with E-state index in [1.165, 1.54) is 24.0 Å². The van der Waals surface area contributed by atoms with Crippen LogP contribution in [0.15, 0.2) is 60.7 Å². The third kappa shape index (κ3) is 5.21. The highest BCUT2D eigenvalue weighted by atomic mass is 16.5. The number of methoxy groups -OCH3 is 1. The van der Waals surface area contributed by atoms with Crippen molar-refractivity contribution in [2.45, 2.75) is 37.8 Å². The van der Waals surface area contributed by atoms with Gasteiger partial charge < -0.3 is 4.74 Å². The molecule has 1 unspecified atom stereocenters. The molecule has 34 heavy (non-hydrogen) atoms. The molecule has 0 N–H and O–H groups in total. The van der Waals surface area contributed by atoms with E-state index in [4.69, 9.17) is 4.74 Å². The average Bonchev–Trinajstić information content (AvgIpc) is 3.59. The molecule has 1 aliphatic heterocycles. The number of hydrogen-bond acceptors (Lipinski definition) is 6. The van der Waals surface area contributed by atoms with Crippen LogP contribution in [0, 0.1) is 0 Å². The molecule has 1 saturated heterocycles. The third-order valence-electron chi connectivity index (χ3n) is 7.11. The van der Waals surface area contributed by atoms with Crippen LogP contribution >= 0.6 is 0 Å². The number of piperazine rings is 1. The van der Waals surface area contributed by atoms with Crippen molar-refractivity contribution in [1.82, 2.24) is 30.0 Å². The van der Waals surface area contributed by atoms with Gasteiger partial charge in [0.25, 0.3) is 0 Å². The molecule has 2 aromatic carbocycles. The highest BCUT2D eigenvalue weighted by Crippen LogP contribution is 2.34. The summed E-state index contributed by atoms with van der Waals surface area (Å²) in [6.07, 6.45) is 9.32. The fraction of sp³-hybridized carbons (Fsp3) is 0.444. The number of rotatable bonds is 8. The molecule has 0 spiro atoms. The zero-order valence-corrected chi connectivity index (χ0v) is 20.0. The van der Waals surface area contributed by atoms with Crippen LogP contribution in [0.5, 0.6) is 5.75 Å². The van der Waals surface area contributed by atoms with Gasteiger partial charge in [0.2, 0.25) is 0 Å². The second kappa shape index (κ2) is 10.9. The maximum atomic E-state index is 5.40. The Morgan fingerprint density at radius 3 is 2.41 bits per heavy atom. The summed E-state index contributed by atoms with van der Waals surface area (Å²) in [6, 6.07) is 19.3. The molecule has 178 valence electrons. The smallest absolute Gasteiger partial charge is 0.173 e. The van der Waals surface area contributed by atoms with Crippen molar-refractivity contribution < 1.29 is 4.74 Å². The van der Waals surface area contributed by atoms with Crippen molar-refractivity contribution in [1.29, 1.82) is 0 Å². The Hall–Kier alpha value is -3.03. The van der Waals surface area contributed by atoms with Crippen LogP contribution in [0.2, 0.25) is 0 Å². The fourth-order valence-corrected chi connectivity index (χ4v) is 5.20. The summed E-state index contributed by atoms with van der Waals surface area (Å²) >= 11 is 0. The first-order valence-corrected chi connectivity index (χ1v) is 12.4. The SMILES string of the molecule is COc1ccc(C(c2nnnn2C2CCCC2)N2CCN(C/C=C/c3ccccc3)CC2)cc1. The number of aromatic nitrogens is 4. The summed E-state index contributed by atoms with van der Waals surface area (Å²) in [4.78, 5) is 5.05. The highest BCUT2D eigenvalue weighted by molar-refractivity contribution is 5.48. The molecule has 1 saturated carbocycles. The quantitative estimate of drug-likeness (QED) is 0.504. The van der Waals surface area contributed by atoms with Gasteiger partial charge in [-0.1, -0.05) is 67.5 Å². The molecule has 2 heterocycles. The highest BCUT2D eigenvalue weighted by Gasteiger charge is 2.32. The van der Waals surface area contributed by atoms with Gasteiger partial charge in [0, 0.05) is 32.7 Å². The van der Waals surface area contributed by atoms with E-state index in [2.05, 4.69) is 84.6 Å². The Bertz CT molecular complexity index is 1050. The van der Waals surface area contributed by atoms with Gasteiger partial charge in [-0.25, -0.2) is 4.68 Å². The van der Waals surface area contributed by atoms with Gasteiger partial charge >= 0.3 is 0 Å². The van der Waals surface area contributed by atoms with E-state index >= 15 is 0 Å². The van der Waals surface area contributed by atoms with Crippen molar-refractivity contribution in [2.24, 2.45) is 0 Å². The summed E-state index contributed by atoms with van der Waals surface area (Å²) in [5.74, 6) is 1.84. The lowest BCUT2D eigenvalue weighted by Crippen LogP contribution is -2.48. The standard InChI is InChI=1S/C27H34N6O/c1-34-25-15-13-23(14-16-25)26(27-28-29-30-33(27)24-11-5-6-12-24)32-20-18-31(19-21-32)17-7-10-22-8-3-2-4-9-22/h2-4,7-10,13-16,24,26H,5-6,11-12,17-21H2,1H3/b10-7+. The minimum absolute atomic E-state index is 0.0449. The summed E-state index contributed by atoms with van der Waals surface area (Å²) in [5.41, 5.74) is 2.46. The van der Waals surface area contributed by atoms with Gasteiger partial charge in [0.1, 0.15) is 5.75 Å². The van der Waals surface area contributed by atoms with Gasteiger partial charge in [-0.15, -0.1) is 5.10 Å². The average molecular weight is 459 g/mol. The van der Waals surface area contributed by atoms with E-state index < -0.39 is 0 Å². The first kappa shape index (κ1) is 22.7. The van der Waals surface area contributed by atoms with Crippen molar-refractivity contribution in [3.05, 3.63) is 77.6 Å². The monoisotopic (exact) mass is 458 g/mol. The molecular weight excluding hydrogens is 424 g/mol. The first-order chi connectivity index (χ1) is 16.8. The van der Waals surface area contributed by atoms with Crippen LogP contribution in [-0.4, -0.2) is 69.8 Å². The number of tetrazole rings is 1. The van der Waals surface area contributed by atoms with Gasteiger partial charge in [0.05, 0.1) is 19.2 Å². The van der Waals surface area contributed by atoms with Gasteiger partial charge in [-0.2, -0.15) is 0 Å². The van der Waals surface area contributed by atoms with Gasteiger partial charge in [0.15, 0.2) is 5.82 Å². The zero-order valence-electron chi connectivity index (χ0n) is 20.0. The number of hydrogen-bond donors (Lipinski definition) is 0. The van der Waals surface area contributed by atoms with E-state index in [1.807, 2.05) is 12.1 Å². The van der Waals surface area contributed by atoms with Crippen LogP contribution in [-0.2, 0) is 0 Å². The lowest BCUT2D eigenvalue weighted by atomic mass is 10.0. The molecule has 2 aliphatic rings. The van der Waals surface area contributed by atoms with Crippen LogP contribution in [0.4, 0.5) is 0 Å². The van der Waals surface area contributed by atoms with Gasteiger partial charge in [-0.3, -0.25) is 9.80 Å². The molecule has 0 bridgehead atoms. The molecule has 7 nitrogen and oxygen atoms in total. The Morgan fingerprint density at radius 2 is 1.71 bits per heavy atom. The van der Waals surface area contributed by atoms with E-state index in [0.29, 0.717) is 6.04 Å². The van der Waals surface area contributed by atoms with E-state index in [0.717, 1.165) is 57.1 Å². The zero-order chi connectivity index (χ0) is 23.2. The molecule has 1 aromatic heterocycles. The van der Waals surface area contributed by atoms with E-state index in [9.17, 15) is 0 Å². The maximum absolute atomic E-state index is 5.40. The molecule has 7 heteroatoms. The normalized spacial score (nSPS) is 19.1. The number of benzene rings is 2. The van der Waals surface area contributed by atoms with Gasteiger partial charge in [-0.05, 0) is 46.5 Å². The predicted octanol–water partition coefficient (Wildman–Crippen LogP) is 4.22. The molecule has 1 aliphatic carbocycles. The first-order valence-electron chi connectivity index (χ1n) is 12.4. The number of nitrogens with zero attached hydrogens (tertiary/aromatic N) is 6. The summed E-state index contributed by atoms with van der Waals surface area (Å²) in [7, 11) is 1.71. The third-order valence-corrected chi connectivity index (χ3v) is 7.11. The Kier molecular flexibility index (Phi) is 7.31. The lowest BCUT2D eigenvalue weighted by molar-refractivity contribution is 0.111. The van der Waals surface area contributed by atoms with Crippen molar-refractivity contribution in [2.75, 3.05) is 39.8 Å². The predicted molar refractivity (Wildman–Crippen MR) is 134 cm³/mol. The Labute approximate surface area is 202 Å². The second-order valence-electron chi connectivity index (χ2n) is 9.25. The van der Waals surface area contributed by atoms with Crippen LogP contribution in [0.3, 0.4) is 0 Å². The lowest BCUT2D eigenvalue weighted by Gasteiger charge is -2.38. The van der Waals surface area contributed by atoms with Crippen molar-refractivity contribution in [3.63, 3.8) is 0 Å². The molecule has 0 radical (unpaired) electrons. The Balaban J connectivity index is 1.31. The maximum Gasteiger partial charge on any atom is 0.173 e. The molecule has 3 aromatic rings. The van der Waals surface area contributed by atoms with Crippen molar-refractivity contribution in [3.8, 4) is 5.75 Å².